The van der Waals surface area contributed by atoms with Gasteiger partial charge in [-0.15, -0.1) is 0 Å². The molecule has 2 atom stereocenters. The van der Waals surface area contributed by atoms with Crippen molar-refractivity contribution in [3.63, 3.8) is 0 Å². The van der Waals surface area contributed by atoms with E-state index in [-0.39, 0.29) is 0 Å². The molecule has 0 aliphatic carbocycles. The molecule has 2 aromatic carbocycles. The average molecular weight is 505 g/mol. The van der Waals surface area contributed by atoms with Gasteiger partial charge >= 0.3 is 0 Å². The van der Waals surface area contributed by atoms with Gasteiger partial charge < -0.3 is 18.1 Å². The van der Waals surface area contributed by atoms with Gasteiger partial charge in [0.15, 0.2) is 0 Å². The lowest BCUT2D eigenvalue weighted by Crippen LogP contribution is -2.48. The van der Waals surface area contributed by atoms with Crippen LogP contribution in [0.5, 0.6) is 0 Å². The number of likely N-dealkylation sites (N-methyl/N-ethyl adjacent to an activating group) is 2. The van der Waals surface area contributed by atoms with Gasteiger partial charge in [-0.3, -0.25) is 8.42 Å². The number of quaternary nitrogens is 2. The largest absolute Gasteiger partial charge is 0.759 e. The zero-order chi connectivity index (χ0) is 27.1. The van der Waals surface area contributed by atoms with Crippen LogP contribution in [0.15, 0.2) is 86.0 Å². The van der Waals surface area contributed by atoms with Crippen molar-refractivity contribution in [1.82, 2.24) is 0 Å². The molecule has 0 N–H and O–H groups in total. The van der Waals surface area contributed by atoms with Crippen LogP contribution in [0.1, 0.15) is 25.0 Å². The van der Waals surface area contributed by atoms with Crippen molar-refractivity contribution in [3.05, 3.63) is 97.1 Å². The minimum Gasteiger partial charge on any atom is -0.759 e. The second-order valence-electron chi connectivity index (χ2n) is 9.99. The van der Waals surface area contributed by atoms with Crippen molar-refractivity contribution in [1.29, 1.82) is 0 Å². The lowest BCUT2D eigenvalue weighted by atomic mass is 10.0. The molecule has 2 aromatic rings. The van der Waals surface area contributed by atoms with Gasteiger partial charge in [0, 0.05) is 23.2 Å². The van der Waals surface area contributed by atoms with Crippen LogP contribution in [-0.2, 0) is 23.2 Å². The van der Waals surface area contributed by atoms with Crippen LogP contribution in [0.3, 0.4) is 0 Å². The Kier molecular flexibility index (Phi) is 14.6. The summed E-state index contributed by atoms with van der Waals surface area (Å²) in [6.07, 6.45) is 6.26. The van der Waals surface area contributed by atoms with Gasteiger partial charge in [-0.2, -0.15) is 0 Å². The van der Waals surface area contributed by atoms with E-state index in [1.165, 1.54) is 11.1 Å². The first-order valence-electron chi connectivity index (χ1n) is 11.7. The predicted octanol–water partition coefficient (Wildman–Crippen LogP) is 4.42. The summed E-state index contributed by atoms with van der Waals surface area (Å²) in [7, 11) is 3.87. The number of benzene rings is 2. The van der Waals surface area contributed by atoms with Crippen LogP contribution < -0.4 is 0 Å². The Balaban J connectivity index is 0.000000555. The maximum atomic E-state index is 8.52. The summed E-state index contributed by atoms with van der Waals surface area (Å²) in [4.78, 5) is 0. The third-order valence-corrected chi connectivity index (χ3v) is 6.33. The Hall–Kier alpha value is -2.29. The molecule has 0 saturated heterocycles. The van der Waals surface area contributed by atoms with E-state index in [1.54, 1.807) is 0 Å². The highest BCUT2D eigenvalue weighted by Crippen LogP contribution is 2.14. The monoisotopic (exact) mass is 504 g/mol. The van der Waals surface area contributed by atoms with E-state index < -0.39 is 10.4 Å². The fourth-order valence-corrected chi connectivity index (χ4v) is 3.43. The van der Waals surface area contributed by atoms with E-state index in [0.717, 1.165) is 34.9 Å². The third kappa shape index (κ3) is 16.1. The molecule has 0 heterocycles. The second-order valence-corrected chi connectivity index (χ2v) is 10.8. The van der Waals surface area contributed by atoms with Crippen molar-refractivity contribution in [3.8, 4) is 0 Å². The van der Waals surface area contributed by atoms with Gasteiger partial charge in [0.2, 0.25) is 0 Å². The summed E-state index contributed by atoms with van der Waals surface area (Å²) < 4.78 is 36.1. The second kappa shape index (κ2) is 15.7. The molecule has 2 unspecified atom stereocenters. The summed E-state index contributed by atoms with van der Waals surface area (Å²) in [6.45, 7) is 14.3. The summed E-state index contributed by atoms with van der Waals surface area (Å²) in [5.41, 5.74) is 2.83. The van der Waals surface area contributed by atoms with Crippen molar-refractivity contribution in [2.45, 2.75) is 38.8 Å². The van der Waals surface area contributed by atoms with E-state index in [0.29, 0.717) is 12.1 Å². The minimum absolute atomic E-state index is 0.616. The van der Waals surface area contributed by atoms with Crippen LogP contribution in [-0.4, -0.2) is 79.9 Å². The Morgan fingerprint density at radius 2 is 0.971 bits per heavy atom. The number of hydrogen-bond donors (Lipinski definition) is 0. The van der Waals surface area contributed by atoms with Crippen LogP contribution in [0.4, 0.5) is 0 Å². The standard InChI is InChI=1S/2C14H22N.H2O4S/c2*1-5-11-15(3,4)13(2)12-14-9-7-6-8-10-14;1-5(2,3)4/h2*5-10,13H,1,11-12H2,2-4H3;(H2,1,2,3,4)/q2*+1;/p-2. The molecule has 0 aliphatic heterocycles. The molecule has 196 valence electrons. The van der Waals surface area contributed by atoms with Crippen molar-refractivity contribution in [2.24, 2.45) is 0 Å². The maximum absolute atomic E-state index is 8.52. The van der Waals surface area contributed by atoms with Gasteiger partial charge in [-0.25, -0.2) is 0 Å². The van der Waals surface area contributed by atoms with Gasteiger partial charge in [-0.1, -0.05) is 73.8 Å². The predicted molar refractivity (Wildman–Crippen MR) is 144 cm³/mol. The Morgan fingerprint density at radius 3 is 1.20 bits per heavy atom. The first-order chi connectivity index (χ1) is 16.1. The lowest BCUT2D eigenvalue weighted by molar-refractivity contribution is -0.907. The van der Waals surface area contributed by atoms with Crippen LogP contribution in [0, 0.1) is 0 Å². The molecule has 2 rings (SSSR count). The number of hydrogen-bond acceptors (Lipinski definition) is 4. The highest BCUT2D eigenvalue weighted by molar-refractivity contribution is 7.79. The summed E-state index contributed by atoms with van der Waals surface area (Å²) in [5, 5.41) is 0. The zero-order valence-corrected chi connectivity index (χ0v) is 23.1. The normalized spacial score (nSPS) is 13.3. The van der Waals surface area contributed by atoms with E-state index in [1.807, 2.05) is 12.2 Å². The Labute approximate surface area is 214 Å². The molecular weight excluding hydrogens is 460 g/mol. The van der Waals surface area contributed by atoms with Crippen molar-refractivity contribution in [2.75, 3.05) is 41.3 Å². The summed E-state index contributed by atoms with van der Waals surface area (Å²) in [5.74, 6) is 0. The molecule has 0 radical (unpaired) electrons. The van der Waals surface area contributed by atoms with Crippen LogP contribution in [0.2, 0.25) is 0 Å². The quantitative estimate of drug-likeness (QED) is 0.208. The highest BCUT2D eigenvalue weighted by Gasteiger charge is 2.23. The van der Waals surface area contributed by atoms with Gasteiger partial charge in [0.05, 0.1) is 53.4 Å². The fraction of sp³-hybridized carbons (Fsp3) is 0.429. The van der Waals surface area contributed by atoms with Crippen LogP contribution in [0.25, 0.3) is 0 Å². The molecular formula is C28H44N2O4S. The third-order valence-electron chi connectivity index (χ3n) is 6.33. The molecule has 0 amide bonds. The van der Waals surface area contributed by atoms with E-state index >= 15 is 0 Å². The number of rotatable bonds is 10. The van der Waals surface area contributed by atoms with E-state index in [2.05, 4.69) is 116 Å². The van der Waals surface area contributed by atoms with E-state index in [9.17, 15) is 0 Å². The topological polar surface area (TPSA) is 80.3 Å². The van der Waals surface area contributed by atoms with Crippen LogP contribution >= 0.6 is 0 Å². The molecule has 0 saturated carbocycles. The Bertz CT molecular complexity index is 885. The van der Waals surface area contributed by atoms with Crippen molar-refractivity contribution < 1.29 is 26.5 Å². The van der Waals surface area contributed by atoms with Gasteiger partial charge in [0.25, 0.3) is 0 Å². The molecule has 0 bridgehead atoms. The Morgan fingerprint density at radius 1 is 0.714 bits per heavy atom. The summed E-state index contributed by atoms with van der Waals surface area (Å²) in [6, 6.07) is 22.6. The average Bonchev–Trinajstić information content (AvgIpc) is 2.74. The first kappa shape index (κ1) is 32.7. The summed E-state index contributed by atoms with van der Waals surface area (Å²) >= 11 is 0. The molecule has 0 fully saturated rings. The smallest absolute Gasteiger partial charge is 0.0969 e. The van der Waals surface area contributed by atoms with E-state index in [4.69, 9.17) is 17.5 Å². The number of nitrogens with zero attached hydrogens (tertiary/aromatic N) is 2. The fourth-order valence-electron chi connectivity index (χ4n) is 3.43. The minimum atomic E-state index is -5.17. The van der Waals surface area contributed by atoms with Gasteiger partial charge in [0.1, 0.15) is 0 Å². The highest BCUT2D eigenvalue weighted by atomic mass is 32.3. The molecule has 6 nitrogen and oxygen atoms in total. The molecule has 0 aromatic heterocycles. The molecule has 0 spiro atoms. The molecule has 0 aliphatic rings. The maximum Gasteiger partial charge on any atom is 0.0969 e. The van der Waals surface area contributed by atoms with Gasteiger partial charge in [-0.05, 0) is 37.1 Å². The molecule has 35 heavy (non-hydrogen) atoms. The van der Waals surface area contributed by atoms with Crippen molar-refractivity contribution >= 4 is 10.4 Å². The molecule has 7 heteroatoms. The lowest BCUT2D eigenvalue weighted by Gasteiger charge is -2.35. The first-order valence-corrected chi connectivity index (χ1v) is 13.1. The zero-order valence-electron chi connectivity index (χ0n) is 22.3. The SMILES string of the molecule is C=CC[N+](C)(C)C(C)Cc1ccccc1.C=CC[N+](C)(C)C(C)Cc1ccccc1.O=S(=O)([O-])[O-].